The van der Waals surface area contributed by atoms with Crippen molar-refractivity contribution in [1.82, 2.24) is 0 Å². The first-order valence-electron chi connectivity index (χ1n) is 3.90. The highest BCUT2D eigenvalue weighted by atomic mass is 19.1. The summed E-state index contributed by atoms with van der Waals surface area (Å²) in [7, 11) is 0. The average molecular weight is 148 g/mol. The van der Waals surface area contributed by atoms with Gasteiger partial charge in [0.1, 0.15) is 6.17 Å². The molecule has 62 valence electrons. The van der Waals surface area contributed by atoms with Gasteiger partial charge in [0.2, 0.25) is 0 Å². The van der Waals surface area contributed by atoms with Crippen LogP contribution in [0.5, 0.6) is 0 Å². The van der Waals surface area contributed by atoms with E-state index in [2.05, 4.69) is 0 Å². The summed E-state index contributed by atoms with van der Waals surface area (Å²) >= 11 is 0. The zero-order chi connectivity index (χ0) is 8.15. The van der Waals surface area contributed by atoms with Crippen LogP contribution in [-0.2, 0) is 0 Å². The number of alkyl halides is 1. The highest BCUT2D eigenvalue weighted by molar-refractivity contribution is 4.65. The van der Waals surface area contributed by atoms with Crippen molar-refractivity contribution >= 4 is 0 Å². The minimum Gasteiger partial charge on any atom is -0.390 e. The molecule has 0 aromatic carbocycles. The fourth-order valence-corrected chi connectivity index (χ4v) is 0.748. The SMILES string of the molecule is CCC(C)CC(F)C(C)O. The molecule has 3 unspecified atom stereocenters. The van der Waals surface area contributed by atoms with Gasteiger partial charge in [-0.1, -0.05) is 20.3 Å². The second-order valence-corrected chi connectivity index (χ2v) is 3.01. The van der Waals surface area contributed by atoms with Crippen molar-refractivity contribution < 1.29 is 9.50 Å². The molecule has 0 saturated heterocycles. The maximum atomic E-state index is 12.7. The molecule has 1 nitrogen and oxygen atoms in total. The van der Waals surface area contributed by atoms with E-state index in [9.17, 15) is 4.39 Å². The lowest BCUT2D eigenvalue weighted by Gasteiger charge is -2.14. The van der Waals surface area contributed by atoms with E-state index in [1.807, 2.05) is 13.8 Å². The van der Waals surface area contributed by atoms with Crippen molar-refractivity contribution in [2.75, 3.05) is 0 Å². The minimum absolute atomic E-state index is 0.379. The Balaban J connectivity index is 3.46. The number of aliphatic hydroxyl groups is 1. The molecule has 0 radical (unpaired) electrons. The van der Waals surface area contributed by atoms with Gasteiger partial charge >= 0.3 is 0 Å². The van der Waals surface area contributed by atoms with E-state index in [1.165, 1.54) is 6.92 Å². The van der Waals surface area contributed by atoms with Gasteiger partial charge in [0, 0.05) is 0 Å². The van der Waals surface area contributed by atoms with Crippen molar-refractivity contribution in [3.05, 3.63) is 0 Å². The van der Waals surface area contributed by atoms with Gasteiger partial charge in [0.25, 0.3) is 0 Å². The Morgan fingerprint density at radius 3 is 2.20 bits per heavy atom. The molecule has 0 aliphatic heterocycles. The van der Waals surface area contributed by atoms with E-state index in [-0.39, 0.29) is 0 Å². The molecule has 0 aliphatic carbocycles. The molecule has 0 fully saturated rings. The van der Waals surface area contributed by atoms with Crippen LogP contribution in [0.1, 0.15) is 33.6 Å². The standard InChI is InChI=1S/C8H17FO/c1-4-6(2)5-8(9)7(3)10/h6-8,10H,4-5H2,1-3H3. The third-order valence-corrected chi connectivity index (χ3v) is 1.85. The summed E-state index contributed by atoms with van der Waals surface area (Å²) in [6, 6.07) is 0. The van der Waals surface area contributed by atoms with E-state index in [0.29, 0.717) is 12.3 Å². The molecular weight excluding hydrogens is 131 g/mol. The monoisotopic (exact) mass is 148 g/mol. The molecule has 0 heterocycles. The molecule has 0 saturated carbocycles. The lowest BCUT2D eigenvalue weighted by atomic mass is 10.00. The second kappa shape index (κ2) is 4.67. The molecule has 1 N–H and O–H groups in total. The summed E-state index contributed by atoms with van der Waals surface area (Å²) in [5, 5.41) is 8.79. The first-order chi connectivity index (χ1) is 4.57. The highest BCUT2D eigenvalue weighted by Crippen LogP contribution is 2.14. The Morgan fingerprint density at radius 1 is 1.40 bits per heavy atom. The number of rotatable bonds is 4. The highest BCUT2D eigenvalue weighted by Gasteiger charge is 2.15. The molecule has 0 aromatic heterocycles. The van der Waals surface area contributed by atoms with Gasteiger partial charge in [0.15, 0.2) is 0 Å². The number of hydrogen-bond donors (Lipinski definition) is 1. The Bertz CT molecular complexity index is 83.3. The first kappa shape index (κ1) is 9.89. The summed E-state index contributed by atoms with van der Waals surface area (Å²) in [5.41, 5.74) is 0. The van der Waals surface area contributed by atoms with Crippen LogP contribution in [-0.4, -0.2) is 17.4 Å². The summed E-state index contributed by atoms with van der Waals surface area (Å²) in [4.78, 5) is 0. The van der Waals surface area contributed by atoms with Crippen molar-refractivity contribution in [2.24, 2.45) is 5.92 Å². The second-order valence-electron chi connectivity index (χ2n) is 3.01. The fraction of sp³-hybridized carbons (Fsp3) is 1.00. The topological polar surface area (TPSA) is 20.2 Å². The van der Waals surface area contributed by atoms with Crippen LogP contribution in [0.3, 0.4) is 0 Å². The van der Waals surface area contributed by atoms with E-state index in [1.54, 1.807) is 0 Å². The molecule has 0 spiro atoms. The quantitative estimate of drug-likeness (QED) is 0.647. The molecule has 3 atom stereocenters. The van der Waals surface area contributed by atoms with Crippen LogP contribution in [0, 0.1) is 5.92 Å². The van der Waals surface area contributed by atoms with Crippen LogP contribution >= 0.6 is 0 Å². The molecule has 10 heavy (non-hydrogen) atoms. The third-order valence-electron chi connectivity index (χ3n) is 1.85. The Kier molecular flexibility index (Phi) is 4.62. The van der Waals surface area contributed by atoms with Crippen molar-refractivity contribution in [3.63, 3.8) is 0 Å². The van der Waals surface area contributed by atoms with Gasteiger partial charge in [-0.25, -0.2) is 4.39 Å². The van der Waals surface area contributed by atoms with Crippen molar-refractivity contribution in [2.45, 2.75) is 45.9 Å². The van der Waals surface area contributed by atoms with Crippen LogP contribution < -0.4 is 0 Å². The van der Waals surface area contributed by atoms with E-state index in [4.69, 9.17) is 5.11 Å². The normalized spacial score (nSPS) is 20.1. The van der Waals surface area contributed by atoms with E-state index >= 15 is 0 Å². The zero-order valence-electron chi connectivity index (χ0n) is 6.97. The van der Waals surface area contributed by atoms with Crippen molar-refractivity contribution in [3.8, 4) is 0 Å². The molecule has 0 bridgehead atoms. The Hall–Kier alpha value is -0.110. The zero-order valence-corrected chi connectivity index (χ0v) is 6.97. The van der Waals surface area contributed by atoms with Crippen LogP contribution in [0.15, 0.2) is 0 Å². The molecule has 2 heteroatoms. The average Bonchev–Trinajstić information content (AvgIpc) is 1.87. The lowest BCUT2D eigenvalue weighted by Crippen LogP contribution is -2.20. The third kappa shape index (κ3) is 3.83. The van der Waals surface area contributed by atoms with Gasteiger partial charge < -0.3 is 5.11 Å². The van der Waals surface area contributed by atoms with Gasteiger partial charge in [-0.15, -0.1) is 0 Å². The van der Waals surface area contributed by atoms with Gasteiger partial charge in [0.05, 0.1) is 6.10 Å². The van der Waals surface area contributed by atoms with Gasteiger partial charge in [-0.05, 0) is 19.3 Å². The van der Waals surface area contributed by atoms with E-state index in [0.717, 1.165) is 6.42 Å². The lowest BCUT2D eigenvalue weighted by molar-refractivity contribution is 0.0777. The maximum absolute atomic E-state index is 12.7. The predicted molar refractivity (Wildman–Crippen MR) is 40.6 cm³/mol. The van der Waals surface area contributed by atoms with E-state index < -0.39 is 12.3 Å². The summed E-state index contributed by atoms with van der Waals surface area (Å²) in [5.74, 6) is 0.379. The van der Waals surface area contributed by atoms with Crippen LogP contribution in [0.4, 0.5) is 4.39 Å². The number of aliphatic hydroxyl groups excluding tert-OH is 1. The molecule has 0 aromatic rings. The maximum Gasteiger partial charge on any atom is 0.126 e. The number of halogens is 1. The molecule has 0 rings (SSSR count). The minimum atomic E-state index is -1.05. The summed E-state index contributed by atoms with van der Waals surface area (Å²) in [6.45, 7) is 5.52. The molecule has 0 amide bonds. The Morgan fingerprint density at radius 2 is 1.90 bits per heavy atom. The first-order valence-corrected chi connectivity index (χ1v) is 3.90. The largest absolute Gasteiger partial charge is 0.390 e. The predicted octanol–water partition coefficient (Wildman–Crippen LogP) is 2.14. The summed E-state index contributed by atoms with van der Waals surface area (Å²) in [6.07, 6.45) is -0.398. The van der Waals surface area contributed by atoms with Crippen LogP contribution in [0.25, 0.3) is 0 Å². The van der Waals surface area contributed by atoms with Gasteiger partial charge in [-0.3, -0.25) is 0 Å². The van der Waals surface area contributed by atoms with Crippen molar-refractivity contribution in [1.29, 1.82) is 0 Å². The number of hydrogen-bond acceptors (Lipinski definition) is 1. The van der Waals surface area contributed by atoms with Gasteiger partial charge in [-0.2, -0.15) is 0 Å². The Labute approximate surface area is 62.3 Å². The smallest absolute Gasteiger partial charge is 0.126 e. The summed E-state index contributed by atoms with van der Waals surface area (Å²) < 4.78 is 12.7. The fourth-order valence-electron chi connectivity index (χ4n) is 0.748. The molecule has 0 aliphatic rings. The van der Waals surface area contributed by atoms with Crippen LogP contribution in [0.2, 0.25) is 0 Å². The molecular formula is C8H17FO.